The van der Waals surface area contributed by atoms with E-state index in [-0.39, 0.29) is 0 Å². The Kier molecular flexibility index (Phi) is 4.19. The standard InChI is InChI=1S/C8H13I/c1-5-6(2)7(3)8(4)9/h5H,1-4H3/b6-5+,8-7+. The molecule has 52 valence electrons. The highest BCUT2D eigenvalue weighted by Crippen LogP contribution is 2.17. The Morgan fingerprint density at radius 2 is 1.67 bits per heavy atom. The largest absolute Gasteiger partial charge is 0.0844 e. The Morgan fingerprint density at radius 1 is 1.22 bits per heavy atom. The fourth-order valence-corrected chi connectivity index (χ4v) is 0.914. The van der Waals surface area contributed by atoms with E-state index in [2.05, 4.69) is 56.4 Å². The molecule has 0 saturated carbocycles. The Morgan fingerprint density at radius 3 is 1.78 bits per heavy atom. The summed E-state index contributed by atoms with van der Waals surface area (Å²) < 4.78 is 1.38. The number of hydrogen-bond acceptors (Lipinski definition) is 0. The molecule has 1 heteroatoms. The summed E-state index contributed by atoms with van der Waals surface area (Å²) in [7, 11) is 0. The molecule has 0 spiro atoms. The average Bonchev–Trinajstić information content (AvgIpc) is 1.84. The van der Waals surface area contributed by atoms with Gasteiger partial charge < -0.3 is 0 Å². The fraction of sp³-hybridized carbons (Fsp3) is 0.500. The van der Waals surface area contributed by atoms with Gasteiger partial charge in [0.25, 0.3) is 0 Å². The molecule has 0 N–H and O–H groups in total. The summed E-state index contributed by atoms with van der Waals surface area (Å²) in [6.07, 6.45) is 2.14. The van der Waals surface area contributed by atoms with Crippen LogP contribution in [0.1, 0.15) is 27.7 Å². The Labute approximate surface area is 71.2 Å². The maximum absolute atomic E-state index is 2.35. The van der Waals surface area contributed by atoms with Gasteiger partial charge in [-0.25, -0.2) is 0 Å². The first-order chi connectivity index (χ1) is 4.09. The summed E-state index contributed by atoms with van der Waals surface area (Å²) in [5.74, 6) is 0. The van der Waals surface area contributed by atoms with Gasteiger partial charge in [0.2, 0.25) is 0 Å². The van der Waals surface area contributed by atoms with Crippen LogP contribution in [-0.2, 0) is 0 Å². The van der Waals surface area contributed by atoms with Crippen LogP contribution in [-0.4, -0.2) is 0 Å². The van der Waals surface area contributed by atoms with Gasteiger partial charge in [-0.2, -0.15) is 0 Å². The SMILES string of the molecule is C/C=C(C)/C(C)=C(\C)I. The molecule has 0 bridgehead atoms. The third kappa shape index (κ3) is 3.04. The van der Waals surface area contributed by atoms with Crippen molar-refractivity contribution in [2.45, 2.75) is 27.7 Å². The predicted octanol–water partition coefficient (Wildman–Crippen LogP) is 3.68. The second-order valence-corrected chi connectivity index (χ2v) is 3.75. The van der Waals surface area contributed by atoms with E-state index in [1.165, 1.54) is 14.7 Å². The first-order valence-corrected chi connectivity index (χ1v) is 4.13. The average molecular weight is 236 g/mol. The van der Waals surface area contributed by atoms with Crippen molar-refractivity contribution in [2.24, 2.45) is 0 Å². The summed E-state index contributed by atoms with van der Waals surface area (Å²) in [5, 5.41) is 0. The molecule has 0 rings (SSSR count). The molecule has 0 amide bonds. The van der Waals surface area contributed by atoms with Crippen LogP contribution in [0.25, 0.3) is 0 Å². The minimum atomic E-state index is 1.38. The van der Waals surface area contributed by atoms with Crippen molar-refractivity contribution in [3.8, 4) is 0 Å². The molecular formula is C8H13I. The number of allylic oxidation sites excluding steroid dienone is 4. The first-order valence-electron chi connectivity index (χ1n) is 3.06. The van der Waals surface area contributed by atoms with Crippen LogP contribution in [0.5, 0.6) is 0 Å². The maximum atomic E-state index is 2.35. The molecule has 0 fully saturated rings. The molecule has 0 atom stereocenters. The van der Waals surface area contributed by atoms with Gasteiger partial charge in [-0.3, -0.25) is 0 Å². The molecule has 0 radical (unpaired) electrons. The lowest BCUT2D eigenvalue weighted by molar-refractivity contribution is 1.31. The van der Waals surface area contributed by atoms with Crippen LogP contribution in [0.15, 0.2) is 20.8 Å². The van der Waals surface area contributed by atoms with E-state index >= 15 is 0 Å². The third-order valence-corrected chi connectivity index (χ3v) is 2.35. The smallest absolute Gasteiger partial charge is 0.00934 e. The van der Waals surface area contributed by atoms with E-state index in [1.807, 2.05) is 0 Å². The molecular weight excluding hydrogens is 223 g/mol. The van der Waals surface area contributed by atoms with Crippen molar-refractivity contribution in [1.82, 2.24) is 0 Å². The van der Waals surface area contributed by atoms with Gasteiger partial charge in [-0.05, 0) is 59.4 Å². The molecule has 0 aliphatic rings. The number of halogens is 1. The summed E-state index contributed by atoms with van der Waals surface area (Å²) in [5.41, 5.74) is 2.78. The molecule has 0 nitrogen and oxygen atoms in total. The zero-order chi connectivity index (χ0) is 7.44. The molecule has 0 saturated heterocycles. The second kappa shape index (κ2) is 4.09. The van der Waals surface area contributed by atoms with E-state index in [0.717, 1.165) is 0 Å². The second-order valence-electron chi connectivity index (χ2n) is 2.13. The zero-order valence-electron chi connectivity index (χ0n) is 6.46. The lowest BCUT2D eigenvalue weighted by Crippen LogP contribution is -1.78. The van der Waals surface area contributed by atoms with Gasteiger partial charge in [0.05, 0.1) is 0 Å². The highest BCUT2D eigenvalue weighted by molar-refractivity contribution is 14.1. The van der Waals surface area contributed by atoms with E-state index in [9.17, 15) is 0 Å². The molecule has 0 heterocycles. The summed E-state index contributed by atoms with van der Waals surface area (Å²) in [6.45, 7) is 8.48. The summed E-state index contributed by atoms with van der Waals surface area (Å²) >= 11 is 2.35. The normalized spacial score (nSPS) is 15.4. The molecule has 0 aromatic heterocycles. The molecule has 0 aromatic carbocycles. The van der Waals surface area contributed by atoms with Gasteiger partial charge in [0.15, 0.2) is 0 Å². The molecule has 0 unspecified atom stereocenters. The molecule has 9 heavy (non-hydrogen) atoms. The summed E-state index contributed by atoms with van der Waals surface area (Å²) in [6, 6.07) is 0. The van der Waals surface area contributed by atoms with Crippen LogP contribution >= 0.6 is 22.6 Å². The Hall–Kier alpha value is 0.210. The van der Waals surface area contributed by atoms with Gasteiger partial charge >= 0.3 is 0 Å². The number of rotatable bonds is 1. The zero-order valence-corrected chi connectivity index (χ0v) is 8.61. The molecule has 0 aromatic rings. The molecule has 0 aliphatic carbocycles. The van der Waals surface area contributed by atoms with Gasteiger partial charge in [0.1, 0.15) is 0 Å². The Bertz CT molecular complexity index is 148. The minimum absolute atomic E-state index is 1.38. The maximum Gasteiger partial charge on any atom is -0.00934 e. The van der Waals surface area contributed by atoms with Crippen molar-refractivity contribution < 1.29 is 0 Å². The monoisotopic (exact) mass is 236 g/mol. The van der Waals surface area contributed by atoms with Crippen molar-refractivity contribution in [2.75, 3.05) is 0 Å². The van der Waals surface area contributed by atoms with Crippen LogP contribution in [0, 0.1) is 0 Å². The van der Waals surface area contributed by atoms with Crippen molar-refractivity contribution in [3.05, 3.63) is 20.8 Å². The highest BCUT2D eigenvalue weighted by Gasteiger charge is 1.92. The first kappa shape index (κ1) is 9.21. The van der Waals surface area contributed by atoms with Crippen LogP contribution in [0.3, 0.4) is 0 Å². The number of hydrogen-bond donors (Lipinski definition) is 0. The van der Waals surface area contributed by atoms with E-state index < -0.39 is 0 Å². The molecule has 0 aliphatic heterocycles. The third-order valence-electron chi connectivity index (χ3n) is 1.54. The van der Waals surface area contributed by atoms with Crippen molar-refractivity contribution in [3.63, 3.8) is 0 Å². The topological polar surface area (TPSA) is 0 Å². The summed E-state index contributed by atoms with van der Waals surface area (Å²) in [4.78, 5) is 0. The highest BCUT2D eigenvalue weighted by atomic mass is 127. The van der Waals surface area contributed by atoms with Crippen molar-refractivity contribution in [1.29, 1.82) is 0 Å². The Balaban J connectivity index is 4.40. The van der Waals surface area contributed by atoms with Crippen molar-refractivity contribution >= 4 is 22.6 Å². The quantitative estimate of drug-likeness (QED) is 0.481. The van der Waals surface area contributed by atoms with Crippen LogP contribution < -0.4 is 0 Å². The van der Waals surface area contributed by atoms with Gasteiger partial charge in [0, 0.05) is 0 Å². The predicted molar refractivity (Wildman–Crippen MR) is 51.8 cm³/mol. The van der Waals surface area contributed by atoms with Gasteiger partial charge in [-0.1, -0.05) is 11.6 Å². The van der Waals surface area contributed by atoms with Crippen LogP contribution in [0.4, 0.5) is 0 Å². The van der Waals surface area contributed by atoms with Gasteiger partial charge in [-0.15, -0.1) is 0 Å². The lowest BCUT2D eigenvalue weighted by Gasteiger charge is -2.00. The van der Waals surface area contributed by atoms with E-state index in [0.29, 0.717) is 0 Å². The fourth-order valence-electron chi connectivity index (χ4n) is 0.488. The lowest BCUT2D eigenvalue weighted by atomic mass is 10.1. The van der Waals surface area contributed by atoms with Crippen LogP contribution in [0.2, 0.25) is 0 Å². The van der Waals surface area contributed by atoms with E-state index in [4.69, 9.17) is 0 Å². The minimum Gasteiger partial charge on any atom is -0.0844 e. The van der Waals surface area contributed by atoms with E-state index in [1.54, 1.807) is 0 Å².